The third kappa shape index (κ3) is 3.44. The van der Waals surface area contributed by atoms with Gasteiger partial charge in [0.15, 0.2) is 0 Å². The number of hydrogen-bond donors (Lipinski definition) is 0. The Hall–Kier alpha value is -2.05. The molecule has 1 heterocycles. The third-order valence-electron chi connectivity index (χ3n) is 5.60. The summed E-state index contributed by atoms with van der Waals surface area (Å²) in [7, 11) is 2.18. The molecule has 2 aromatic rings. The van der Waals surface area contributed by atoms with Crippen LogP contribution in [-0.2, 0) is 0 Å². The molecule has 1 aliphatic rings. The van der Waals surface area contributed by atoms with Crippen molar-refractivity contribution in [1.82, 2.24) is 0 Å². The Bertz CT molecular complexity index is 901. The van der Waals surface area contributed by atoms with Gasteiger partial charge in [-0.05, 0) is 85.7 Å². The van der Waals surface area contributed by atoms with E-state index in [4.69, 9.17) is 0 Å². The molecule has 0 spiro atoms. The number of benzene rings is 2. The van der Waals surface area contributed by atoms with Gasteiger partial charge in [0.25, 0.3) is 0 Å². The van der Waals surface area contributed by atoms with Crippen LogP contribution in [0.3, 0.4) is 0 Å². The summed E-state index contributed by atoms with van der Waals surface area (Å²) in [6.45, 7) is 9.03. The van der Waals surface area contributed by atoms with Gasteiger partial charge in [0, 0.05) is 22.7 Å². The fraction of sp³-hybridized carbons (Fsp3) is 0.348. The van der Waals surface area contributed by atoms with Crippen molar-refractivity contribution in [2.75, 3.05) is 11.9 Å². The van der Waals surface area contributed by atoms with Gasteiger partial charge >= 0.3 is 0 Å². The molecule has 0 unspecified atom stereocenters. The lowest BCUT2D eigenvalue weighted by Gasteiger charge is -2.45. The number of nitriles is 1. The van der Waals surface area contributed by atoms with Gasteiger partial charge in [-0.1, -0.05) is 35.0 Å². The fourth-order valence-corrected chi connectivity index (χ4v) is 4.12. The van der Waals surface area contributed by atoms with Gasteiger partial charge in [-0.25, -0.2) is 0 Å². The maximum Gasteiger partial charge on any atom is 0.0998 e. The minimum atomic E-state index is 0.158. The van der Waals surface area contributed by atoms with Crippen molar-refractivity contribution in [1.29, 1.82) is 5.26 Å². The van der Waals surface area contributed by atoms with E-state index in [1.807, 2.05) is 30.3 Å². The quantitative estimate of drug-likeness (QED) is 0.416. The molecule has 1 aliphatic heterocycles. The van der Waals surface area contributed by atoms with Crippen LogP contribution in [0.5, 0.6) is 0 Å². The molecule has 0 saturated heterocycles. The van der Waals surface area contributed by atoms with Gasteiger partial charge in [0.1, 0.15) is 0 Å². The standard InChI is InChI=1S/C23H25BrN2/c1-15-10-22-21(16(2)13-23(3,4)26(22)5)12-18(15)11-19(14-25)17-6-8-20(24)9-7-17/h6-12,16H,13H2,1-5H3/b19-11-/t16-/m0/s1. The summed E-state index contributed by atoms with van der Waals surface area (Å²) in [4.78, 5) is 2.39. The van der Waals surface area contributed by atoms with Gasteiger partial charge in [-0.3, -0.25) is 0 Å². The maximum atomic E-state index is 9.66. The van der Waals surface area contributed by atoms with Crippen LogP contribution in [-0.4, -0.2) is 12.6 Å². The highest BCUT2D eigenvalue weighted by molar-refractivity contribution is 9.10. The second-order valence-corrected chi connectivity index (χ2v) is 8.84. The number of anilines is 1. The molecule has 0 saturated carbocycles. The minimum absolute atomic E-state index is 0.158. The monoisotopic (exact) mass is 408 g/mol. The summed E-state index contributed by atoms with van der Waals surface area (Å²) in [6, 6.07) is 14.8. The van der Waals surface area contributed by atoms with Crippen LogP contribution in [0, 0.1) is 18.3 Å². The van der Waals surface area contributed by atoms with E-state index in [1.54, 1.807) is 0 Å². The summed E-state index contributed by atoms with van der Waals surface area (Å²) in [5.41, 5.74) is 6.80. The van der Waals surface area contributed by atoms with Gasteiger partial charge < -0.3 is 4.90 Å². The first-order valence-electron chi connectivity index (χ1n) is 8.99. The molecule has 2 aromatic carbocycles. The van der Waals surface area contributed by atoms with Crippen LogP contribution in [0.4, 0.5) is 5.69 Å². The normalized spacial score (nSPS) is 19.0. The molecule has 0 bridgehead atoms. The molecule has 26 heavy (non-hydrogen) atoms. The molecule has 2 nitrogen and oxygen atoms in total. The van der Waals surface area contributed by atoms with Gasteiger partial charge in [-0.2, -0.15) is 5.26 Å². The first-order chi connectivity index (χ1) is 12.2. The van der Waals surface area contributed by atoms with Crippen molar-refractivity contribution in [3.63, 3.8) is 0 Å². The number of halogens is 1. The second kappa shape index (κ2) is 6.93. The van der Waals surface area contributed by atoms with Gasteiger partial charge in [0.05, 0.1) is 11.6 Å². The van der Waals surface area contributed by atoms with Crippen LogP contribution in [0.15, 0.2) is 40.9 Å². The van der Waals surface area contributed by atoms with Crippen LogP contribution in [0.25, 0.3) is 11.6 Å². The van der Waals surface area contributed by atoms with Crippen molar-refractivity contribution in [3.8, 4) is 6.07 Å². The van der Waals surface area contributed by atoms with E-state index >= 15 is 0 Å². The smallest absolute Gasteiger partial charge is 0.0998 e. The summed E-state index contributed by atoms with van der Waals surface area (Å²) in [5, 5.41) is 9.66. The Morgan fingerprint density at radius 2 is 1.92 bits per heavy atom. The number of allylic oxidation sites excluding steroid dienone is 1. The first kappa shape index (κ1) is 18.7. The Kier molecular flexibility index (Phi) is 4.99. The Labute approximate surface area is 165 Å². The van der Waals surface area contributed by atoms with Crippen LogP contribution in [0.2, 0.25) is 0 Å². The number of fused-ring (bicyclic) bond motifs is 1. The Morgan fingerprint density at radius 3 is 2.54 bits per heavy atom. The van der Waals surface area contributed by atoms with Crippen molar-refractivity contribution in [2.45, 2.75) is 45.6 Å². The number of nitrogens with zero attached hydrogens (tertiary/aromatic N) is 2. The lowest BCUT2D eigenvalue weighted by Crippen LogP contribution is -2.45. The van der Waals surface area contributed by atoms with Crippen molar-refractivity contribution in [3.05, 3.63) is 63.1 Å². The van der Waals surface area contributed by atoms with E-state index in [-0.39, 0.29) is 5.54 Å². The molecular formula is C23H25BrN2. The number of aryl methyl sites for hydroxylation is 1. The minimum Gasteiger partial charge on any atom is -0.369 e. The zero-order valence-corrected chi connectivity index (χ0v) is 17.7. The SMILES string of the molecule is Cc1cc2c(cc1/C=C(/C#N)c1ccc(Br)cc1)[C@@H](C)CC(C)(C)N2C. The zero-order chi connectivity index (χ0) is 19.1. The van der Waals surface area contributed by atoms with Crippen LogP contribution in [0.1, 0.15) is 55.4 Å². The van der Waals surface area contributed by atoms with E-state index in [2.05, 4.69) is 73.8 Å². The molecule has 0 radical (unpaired) electrons. The number of hydrogen-bond acceptors (Lipinski definition) is 2. The predicted octanol–water partition coefficient (Wildman–Crippen LogP) is 6.54. The van der Waals surface area contributed by atoms with Crippen molar-refractivity contribution < 1.29 is 0 Å². The second-order valence-electron chi connectivity index (χ2n) is 7.92. The van der Waals surface area contributed by atoms with E-state index in [1.165, 1.54) is 16.8 Å². The number of rotatable bonds is 2. The summed E-state index contributed by atoms with van der Waals surface area (Å²) >= 11 is 3.45. The maximum absolute atomic E-state index is 9.66. The Morgan fingerprint density at radius 1 is 1.27 bits per heavy atom. The molecule has 0 amide bonds. The van der Waals surface area contributed by atoms with E-state index in [9.17, 15) is 5.26 Å². The van der Waals surface area contributed by atoms with Crippen molar-refractivity contribution >= 4 is 33.3 Å². The van der Waals surface area contributed by atoms with Crippen LogP contribution < -0.4 is 4.90 Å². The molecular weight excluding hydrogens is 384 g/mol. The van der Waals surface area contributed by atoms with Crippen molar-refractivity contribution in [2.24, 2.45) is 0 Å². The largest absolute Gasteiger partial charge is 0.369 e. The first-order valence-corrected chi connectivity index (χ1v) is 9.78. The molecule has 0 aromatic heterocycles. The van der Waals surface area contributed by atoms with Gasteiger partial charge in [-0.15, -0.1) is 0 Å². The summed E-state index contributed by atoms with van der Waals surface area (Å²) < 4.78 is 1.02. The molecule has 134 valence electrons. The molecule has 0 aliphatic carbocycles. The van der Waals surface area contributed by atoms with Gasteiger partial charge in [0.2, 0.25) is 0 Å². The van der Waals surface area contributed by atoms with E-state index in [0.717, 1.165) is 22.0 Å². The fourth-order valence-electron chi connectivity index (χ4n) is 3.86. The molecule has 0 fully saturated rings. The molecule has 0 N–H and O–H groups in total. The highest BCUT2D eigenvalue weighted by Gasteiger charge is 2.34. The van der Waals surface area contributed by atoms with Crippen LogP contribution >= 0.6 is 15.9 Å². The average molecular weight is 409 g/mol. The summed E-state index contributed by atoms with van der Waals surface area (Å²) in [5.74, 6) is 0.502. The highest BCUT2D eigenvalue weighted by atomic mass is 79.9. The topological polar surface area (TPSA) is 27.0 Å². The highest BCUT2D eigenvalue weighted by Crippen LogP contribution is 2.43. The van der Waals surface area contributed by atoms with E-state index in [0.29, 0.717) is 11.5 Å². The molecule has 3 rings (SSSR count). The third-order valence-corrected chi connectivity index (χ3v) is 6.13. The van der Waals surface area contributed by atoms with E-state index < -0.39 is 0 Å². The Balaban J connectivity index is 2.08. The lowest BCUT2D eigenvalue weighted by molar-refractivity contribution is 0.395. The molecule has 1 atom stereocenters. The predicted molar refractivity (Wildman–Crippen MR) is 114 cm³/mol. The molecule has 3 heteroatoms. The lowest BCUT2D eigenvalue weighted by atomic mass is 9.79. The summed E-state index contributed by atoms with van der Waals surface area (Å²) in [6.07, 6.45) is 3.14. The zero-order valence-electron chi connectivity index (χ0n) is 16.1. The average Bonchev–Trinajstić information content (AvgIpc) is 2.59.